The van der Waals surface area contributed by atoms with E-state index in [2.05, 4.69) is 0 Å². The zero-order valence-electron chi connectivity index (χ0n) is 10.6. The average molecular weight is 283 g/mol. The zero-order chi connectivity index (χ0) is 14.0. The molecule has 0 aromatic heterocycles. The molecule has 102 valence electrons. The van der Waals surface area contributed by atoms with E-state index in [1.807, 2.05) is 0 Å². The highest BCUT2D eigenvalue weighted by Crippen LogP contribution is 2.23. The quantitative estimate of drug-likeness (QED) is 0.846. The number of carbonyl (C=O) groups excluding carboxylic acids is 2. The summed E-state index contributed by atoms with van der Waals surface area (Å²) in [5, 5.41) is 10.1. The van der Waals surface area contributed by atoms with Crippen LogP contribution in [0.25, 0.3) is 0 Å². The molecule has 1 fully saturated rings. The van der Waals surface area contributed by atoms with Gasteiger partial charge in [-0.15, -0.1) is 0 Å². The van der Waals surface area contributed by atoms with Gasteiger partial charge in [-0.1, -0.05) is 11.6 Å². The second-order valence-electron chi connectivity index (χ2n) is 4.46. The molecule has 1 saturated heterocycles. The van der Waals surface area contributed by atoms with Crippen molar-refractivity contribution in [3.8, 4) is 5.75 Å². The molecule has 0 spiro atoms. The molecule has 5 nitrogen and oxygen atoms in total. The van der Waals surface area contributed by atoms with Gasteiger partial charge in [0.1, 0.15) is 5.75 Å². The van der Waals surface area contributed by atoms with Crippen molar-refractivity contribution in [2.24, 2.45) is 0 Å². The molecule has 0 aliphatic carbocycles. The first-order chi connectivity index (χ1) is 8.99. The van der Waals surface area contributed by atoms with Crippen LogP contribution >= 0.6 is 11.6 Å². The van der Waals surface area contributed by atoms with Crippen molar-refractivity contribution in [2.45, 2.75) is 6.92 Å². The molecule has 2 amide bonds. The van der Waals surface area contributed by atoms with Crippen LogP contribution < -0.4 is 0 Å². The van der Waals surface area contributed by atoms with Crippen molar-refractivity contribution in [3.05, 3.63) is 28.8 Å². The number of amides is 2. The SMILES string of the molecule is CC(=O)N1CCN(C(=O)c2cc(Cl)ccc2O)CC1. The molecule has 1 aromatic carbocycles. The summed E-state index contributed by atoms with van der Waals surface area (Å²) in [7, 11) is 0. The molecule has 1 aliphatic heterocycles. The fourth-order valence-corrected chi connectivity index (χ4v) is 2.25. The largest absolute Gasteiger partial charge is 0.507 e. The molecule has 0 unspecified atom stereocenters. The minimum Gasteiger partial charge on any atom is -0.507 e. The number of piperazine rings is 1. The molecule has 0 radical (unpaired) electrons. The molecule has 2 rings (SSSR count). The molecular weight excluding hydrogens is 268 g/mol. The average Bonchev–Trinajstić information content (AvgIpc) is 2.41. The summed E-state index contributed by atoms with van der Waals surface area (Å²) in [5.41, 5.74) is 0.198. The number of aromatic hydroxyl groups is 1. The minimum absolute atomic E-state index is 0.0118. The van der Waals surface area contributed by atoms with Crippen LogP contribution in [-0.4, -0.2) is 52.9 Å². The number of nitrogens with zero attached hydrogens (tertiary/aromatic N) is 2. The predicted octanol–water partition coefficient (Wildman–Crippen LogP) is 1.35. The van der Waals surface area contributed by atoms with E-state index in [-0.39, 0.29) is 23.1 Å². The molecule has 1 aromatic rings. The second-order valence-corrected chi connectivity index (χ2v) is 4.90. The van der Waals surface area contributed by atoms with Gasteiger partial charge in [0.05, 0.1) is 5.56 Å². The van der Waals surface area contributed by atoms with E-state index in [0.717, 1.165) is 0 Å². The van der Waals surface area contributed by atoms with Gasteiger partial charge in [-0.2, -0.15) is 0 Å². The van der Waals surface area contributed by atoms with Crippen molar-refractivity contribution in [1.29, 1.82) is 0 Å². The normalized spacial score (nSPS) is 15.5. The molecule has 1 heterocycles. The van der Waals surface area contributed by atoms with Crippen LogP contribution in [-0.2, 0) is 4.79 Å². The standard InChI is InChI=1S/C13H15ClN2O3/c1-9(17)15-4-6-16(7-5-15)13(19)11-8-10(14)2-3-12(11)18/h2-3,8,18H,4-7H2,1H3. The van der Waals surface area contributed by atoms with Crippen molar-refractivity contribution in [3.63, 3.8) is 0 Å². The molecule has 0 saturated carbocycles. The van der Waals surface area contributed by atoms with E-state index in [9.17, 15) is 14.7 Å². The van der Waals surface area contributed by atoms with Crippen LogP contribution in [0.3, 0.4) is 0 Å². The van der Waals surface area contributed by atoms with E-state index in [1.165, 1.54) is 25.1 Å². The number of benzene rings is 1. The Morgan fingerprint density at radius 3 is 2.32 bits per heavy atom. The molecular formula is C13H15ClN2O3. The lowest BCUT2D eigenvalue weighted by Gasteiger charge is -2.34. The Morgan fingerprint density at radius 2 is 1.74 bits per heavy atom. The van der Waals surface area contributed by atoms with Crippen LogP contribution in [0, 0.1) is 0 Å². The third kappa shape index (κ3) is 2.98. The van der Waals surface area contributed by atoms with Crippen LogP contribution in [0.2, 0.25) is 5.02 Å². The molecule has 1 aliphatic rings. The third-order valence-corrected chi connectivity index (χ3v) is 3.44. The van der Waals surface area contributed by atoms with Gasteiger partial charge < -0.3 is 14.9 Å². The maximum Gasteiger partial charge on any atom is 0.257 e. The number of carbonyl (C=O) groups is 2. The van der Waals surface area contributed by atoms with Gasteiger partial charge in [0.25, 0.3) is 5.91 Å². The molecule has 0 atom stereocenters. The fraction of sp³-hybridized carbons (Fsp3) is 0.385. The van der Waals surface area contributed by atoms with Gasteiger partial charge in [0.15, 0.2) is 0 Å². The molecule has 1 N–H and O–H groups in total. The lowest BCUT2D eigenvalue weighted by atomic mass is 10.1. The Balaban J connectivity index is 2.09. The van der Waals surface area contributed by atoms with Gasteiger partial charge in [-0.05, 0) is 18.2 Å². The Kier molecular flexibility index (Phi) is 3.95. The maximum atomic E-state index is 12.3. The van der Waals surface area contributed by atoms with E-state index in [4.69, 9.17) is 11.6 Å². The predicted molar refractivity (Wildman–Crippen MR) is 71.3 cm³/mol. The number of hydrogen-bond acceptors (Lipinski definition) is 3. The fourth-order valence-electron chi connectivity index (χ4n) is 2.07. The summed E-state index contributed by atoms with van der Waals surface area (Å²) < 4.78 is 0. The first kappa shape index (κ1) is 13.7. The number of hydrogen-bond donors (Lipinski definition) is 1. The number of rotatable bonds is 1. The van der Waals surface area contributed by atoms with Crippen LogP contribution in [0.5, 0.6) is 5.75 Å². The van der Waals surface area contributed by atoms with Crippen molar-refractivity contribution in [1.82, 2.24) is 9.80 Å². The lowest BCUT2D eigenvalue weighted by molar-refractivity contribution is -0.130. The Hall–Kier alpha value is -1.75. The van der Waals surface area contributed by atoms with Gasteiger partial charge in [0.2, 0.25) is 5.91 Å². The van der Waals surface area contributed by atoms with Gasteiger partial charge in [-0.3, -0.25) is 9.59 Å². The highest BCUT2D eigenvalue weighted by Gasteiger charge is 2.24. The highest BCUT2D eigenvalue weighted by atomic mass is 35.5. The molecule has 19 heavy (non-hydrogen) atoms. The number of phenolic OH excluding ortho intramolecular Hbond substituents is 1. The minimum atomic E-state index is -0.261. The Morgan fingerprint density at radius 1 is 1.16 bits per heavy atom. The lowest BCUT2D eigenvalue weighted by Crippen LogP contribution is -2.50. The molecule has 0 bridgehead atoms. The summed E-state index contributed by atoms with van der Waals surface area (Å²) in [5.74, 6) is -0.329. The van der Waals surface area contributed by atoms with Crippen molar-refractivity contribution in [2.75, 3.05) is 26.2 Å². The van der Waals surface area contributed by atoms with Crippen LogP contribution in [0.15, 0.2) is 18.2 Å². The third-order valence-electron chi connectivity index (χ3n) is 3.20. The monoisotopic (exact) mass is 282 g/mol. The summed E-state index contributed by atoms with van der Waals surface area (Å²) in [4.78, 5) is 26.8. The smallest absolute Gasteiger partial charge is 0.257 e. The Bertz CT molecular complexity index is 511. The summed E-state index contributed by atoms with van der Waals surface area (Å²) in [6.07, 6.45) is 0. The second kappa shape index (κ2) is 5.48. The first-order valence-electron chi connectivity index (χ1n) is 6.02. The first-order valence-corrected chi connectivity index (χ1v) is 6.40. The van der Waals surface area contributed by atoms with Crippen molar-refractivity contribution >= 4 is 23.4 Å². The zero-order valence-corrected chi connectivity index (χ0v) is 11.4. The number of halogens is 1. The number of phenols is 1. The summed E-state index contributed by atoms with van der Waals surface area (Å²) in [6.45, 7) is 3.47. The molecule has 6 heteroatoms. The Labute approximate surface area is 116 Å². The van der Waals surface area contributed by atoms with Crippen molar-refractivity contribution < 1.29 is 14.7 Å². The van der Waals surface area contributed by atoms with E-state index in [0.29, 0.717) is 31.2 Å². The maximum absolute atomic E-state index is 12.3. The van der Waals surface area contributed by atoms with E-state index in [1.54, 1.807) is 9.80 Å². The highest BCUT2D eigenvalue weighted by molar-refractivity contribution is 6.31. The van der Waals surface area contributed by atoms with E-state index >= 15 is 0 Å². The van der Waals surface area contributed by atoms with Gasteiger partial charge >= 0.3 is 0 Å². The van der Waals surface area contributed by atoms with Crippen LogP contribution in [0.1, 0.15) is 17.3 Å². The van der Waals surface area contributed by atoms with Gasteiger partial charge in [0, 0.05) is 38.1 Å². The summed E-state index contributed by atoms with van der Waals surface area (Å²) in [6, 6.07) is 4.39. The van der Waals surface area contributed by atoms with Gasteiger partial charge in [-0.25, -0.2) is 0 Å². The summed E-state index contributed by atoms with van der Waals surface area (Å²) >= 11 is 5.83. The van der Waals surface area contributed by atoms with Crippen LogP contribution in [0.4, 0.5) is 0 Å². The van der Waals surface area contributed by atoms with E-state index < -0.39 is 0 Å². The topological polar surface area (TPSA) is 60.9 Å².